The summed E-state index contributed by atoms with van der Waals surface area (Å²) in [5.41, 5.74) is 3.73. The van der Waals surface area contributed by atoms with E-state index < -0.39 is 24.5 Å². The van der Waals surface area contributed by atoms with Gasteiger partial charge in [0.15, 0.2) is 6.61 Å². The lowest BCUT2D eigenvalue weighted by Crippen LogP contribution is -2.22. The number of nitrogens with one attached hydrogen (secondary N) is 1. The van der Waals surface area contributed by atoms with Gasteiger partial charge in [-0.3, -0.25) is 14.8 Å². The molecule has 5 rings (SSSR count). The summed E-state index contributed by atoms with van der Waals surface area (Å²) in [6.45, 7) is -0.509. The molecule has 0 bridgehead atoms. The minimum atomic E-state index is -0.680. The molecule has 1 unspecified atom stereocenters. The molecule has 0 radical (unpaired) electrons. The van der Waals surface area contributed by atoms with E-state index in [1.165, 1.54) is 36.4 Å². The highest BCUT2D eigenvalue weighted by atomic mass is 32.1. The normalized spacial score (nSPS) is 14.6. The fourth-order valence-electron chi connectivity index (χ4n) is 4.53. The molecular formula is C27H23N3O5S. The predicted molar refractivity (Wildman–Crippen MR) is 135 cm³/mol. The number of esters is 2. The van der Waals surface area contributed by atoms with E-state index in [9.17, 15) is 14.4 Å². The molecule has 2 heterocycles. The summed E-state index contributed by atoms with van der Waals surface area (Å²) in [5, 5.41) is 3.17. The lowest BCUT2D eigenvalue weighted by molar-refractivity contribution is -0.119. The summed E-state index contributed by atoms with van der Waals surface area (Å²) >= 11 is 1.37. The van der Waals surface area contributed by atoms with E-state index in [0.717, 1.165) is 23.3 Å². The van der Waals surface area contributed by atoms with Gasteiger partial charge in [-0.1, -0.05) is 36.4 Å². The van der Waals surface area contributed by atoms with Crippen molar-refractivity contribution in [2.24, 2.45) is 0 Å². The van der Waals surface area contributed by atoms with Gasteiger partial charge in [0.2, 0.25) is 0 Å². The zero-order valence-corrected chi connectivity index (χ0v) is 20.3. The predicted octanol–water partition coefficient (Wildman–Crippen LogP) is 4.55. The van der Waals surface area contributed by atoms with Crippen molar-refractivity contribution in [2.45, 2.75) is 25.2 Å². The SMILES string of the molecule is COC(=O)c1c(NC(=O)COC(=O)c2cccc3nccnc23)sc2c1CCC(c1ccccc1)C2. The van der Waals surface area contributed by atoms with Gasteiger partial charge in [0.05, 0.1) is 23.8 Å². The molecule has 1 aliphatic carbocycles. The van der Waals surface area contributed by atoms with Crippen LogP contribution in [0.5, 0.6) is 0 Å². The Balaban J connectivity index is 1.31. The highest BCUT2D eigenvalue weighted by Gasteiger charge is 2.30. The number of anilines is 1. The van der Waals surface area contributed by atoms with Crippen molar-refractivity contribution in [1.82, 2.24) is 9.97 Å². The monoisotopic (exact) mass is 501 g/mol. The number of methoxy groups -OCH3 is 1. The molecule has 0 saturated heterocycles. The zero-order valence-electron chi connectivity index (χ0n) is 19.5. The van der Waals surface area contributed by atoms with E-state index in [-0.39, 0.29) is 5.56 Å². The number of hydrogen-bond acceptors (Lipinski definition) is 8. The number of hydrogen-bond donors (Lipinski definition) is 1. The number of carbonyl (C=O) groups excluding carboxylic acids is 3. The van der Waals surface area contributed by atoms with E-state index >= 15 is 0 Å². The van der Waals surface area contributed by atoms with Crippen molar-refractivity contribution < 1.29 is 23.9 Å². The molecule has 1 N–H and O–H groups in total. The average molecular weight is 502 g/mol. The van der Waals surface area contributed by atoms with E-state index in [2.05, 4.69) is 27.4 Å². The highest BCUT2D eigenvalue weighted by molar-refractivity contribution is 7.17. The Kier molecular flexibility index (Phi) is 6.73. The first-order valence-corrected chi connectivity index (χ1v) is 12.3. The van der Waals surface area contributed by atoms with Crippen LogP contribution in [-0.4, -0.2) is 41.5 Å². The maximum absolute atomic E-state index is 12.7. The maximum atomic E-state index is 12.7. The number of benzene rings is 2. The molecule has 2 aromatic carbocycles. The Morgan fingerprint density at radius 2 is 1.83 bits per heavy atom. The topological polar surface area (TPSA) is 107 Å². The molecule has 182 valence electrons. The summed E-state index contributed by atoms with van der Waals surface area (Å²) in [6, 6.07) is 15.3. The molecular weight excluding hydrogens is 478 g/mol. The molecule has 0 spiro atoms. The summed E-state index contributed by atoms with van der Waals surface area (Å²) in [6.07, 6.45) is 5.41. The highest BCUT2D eigenvalue weighted by Crippen LogP contribution is 2.42. The number of fused-ring (bicyclic) bond motifs is 2. The molecule has 2 aromatic heterocycles. The molecule has 1 amide bonds. The third kappa shape index (κ3) is 4.70. The number of nitrogens with zero attached hydrogens (tertiary/aromatic N) is 2. The Bertz CT molecular complexity index is 1450. The number of rotatable bonds is 6. The van der Waals surface area contributed by atoms with E-state index in [1.54, 1.807) is 18.2 Å². The van der Waals surface area contributed by atoms with Crippen LogP contribution in [0.3, 0.4) is 0 Å². The number of para-hydroxylation sites is 1. The van der Waals surface area contributed by atoms with E-state index in [1.807, 2.05) is 18.2 Å². The van der Waals surface area contributed by atoms with Crippen molar-refractivity contribution in [3.8, 4) is 0 Å². The number of carbonyl (C=O) groups is 3. The molecule has 8 nitrogen and oxygen atoms in total. The molecule has 36 heavy (non-hydrogen) atoms. The Labute approximate surface area is 211 Å². The smallest absolute Gasteiger partial charge is 0.341 e. The van der Waals surface area contributed by atoms with Crippen LogP contribution in [0.25, 0.3) is 11.0 Å². The third-order valence-electron chi connectivity index (χ3n) is 6.23. The van der Waals surface area contributed by atoms with Crippen molar-refractivity contribution in [3.63, 3.8) is 0 Å². The van der Waals surface area contributed by atoms with Gasteiger partial charge in [-0.15, -0.1) is 11.3 Å². The second-order valence-corrected chi connectivity index (χ2v) is 9.51. The Morgan fingerprint density at radius 1 is 1.03 bits per heavy atom. The summed E-state index contributed by atoms with van der Waals surface area (Å²) in [5.74, 6) is -1.37. The second-order valence-electron chi connectivity index (χ2n) is 8.40. The fraction of sp³-hybridized carbons (Fsp3) is 0.222. The van der Waals surface area contributed by atoms with Gasteiger partial charge in [-0.25, -0.2) is 9.59 Å². The van der Waals surface area contributed by atoms with Gasteiger partial charge in [0.1, 0.15) is 10.5 Å². The summed E-state index contributed by atoms with van der Waals surface area (Å²) in [4.78, 5) is 47.4. The Morgan fingerprint density at radius 3 is 2.64 bits per heavy atom. The summed E-state index contributed by atoms with van der Waals surface area (Å²) in [7, 11) is 1.32. The quantitative estimate of drug-likeness (QED) is 0.386. The Hall–Kier alpha value is -4.11. The number of amides is 1. The van der Waals surface area contributed by atoms with Crippen LogP contribution in [0.2, 0.25) is 0 Å². The molecule has 1 aliphatic rings. The first-order chi connectivity index (χ1) is 17.5. The van der Waals surface area contributed by atoms with Gasteiger partial charge < -0.3 is 14.8 Å². The van der Waals surface area contributed by atoms with Gasteiger partial charge in [-0.05, 0) is 48.4 Å². The molecule has 0 saturated carbocycles. The van der Waals surface area contributed by atoms with E-state index in [0.29, 0.717) is 33.9 Å². The van der Waals surface area contributed by atoms with Crippen LogP contribution in [-0.2, 0) is 27.1 Å². The molecule has 9 heteroatoms. The van der Waals surface area contributed by atoms with Crippen molar-refractivity contribution in [3.05, 3.63) is 88.1 Å². The second kappa shape index (κ2) is 10.2. The van der Waals surface area contributed by atoms with Crippen LogP contribution >= 0.6 is 11.3 Å². The van der Waals surface area contributed by atoms with Crippen LogP contribution in [0.4, 0.5) is 5.00 Å². The molecule has 0 aliphatic heterocycles. The number of ether oxygens (including phenoxy) is 2. The first kappa shape index (κ1) is 23.6. The van der Waals surface area contributed by atoms with Gasteiger partial charge in [0, 0.05) is 17.3 Å². The number of aromatic nitrogens is 2. The number of thiophene rings is 1. The van der Waals surface area contributed by atoms with Gasteiger partial charge >= 0.3 is 11.9 Å². The van der Waals surface area contributed by atoms with Gasteiger partial charge in [-0.2, -0.15) is 0 Å². The van der Waals surface area contributed by atoms with Crippen LogP contribution in [0, 0.1) is 0 Å². The van der Waals surface area contributed by atoms with Gasteiger partial charge in [0.25, 0.3) is 5.91 Å². The molecule has 4 aromatic rings. The van der Waals surface area contributed by atoms with Crippen molar-refractivity contribution in [1.29, 1.82) is 0 Å². The lowest BCUT2D eigenvalue weighted by atomic mass is 9.83. The van der Waals surface area contributed by atoms with Crippen molar-refractivity contribution in [2.75, 3.05) is 19.0 Å². The standard InChI is InChI=1S/C27H23N3O5S/c1-34-27(33)23-18-11-10-17(16-6-3-2-4-7-16)14-21(18)36-25(23)30-22(31)15-35-26(32)19-8-5-9-20-24(19)29-13-12-28-20/h2-9,12-13,17H,10-11,14-15H2,1H3,(H,30,31). The van der Waals surface area contributed by atoms with Crippen LogP contribution in [0.15, 0.2) is 60.9 Å². The molecule has 1 atom stereocenters. The lowest BCUT2D eigenvalue weighted by Gasteiger charge is -2.22. The zero-order chi connectivity index (χ0) is 25.1. The summed E-state index contributed by atoms with van der Waals surface area (Å²) < 4.78 is 10.3. The van der Waals surface area contributed by atoms with Crippen LogP contribution < -0.4 is 5.32 Å². The third-order valence-corrected chi connectivity index (χ3v) is 7.40. The largest absolute Gasteiger partial charge is 0.465 e. The first-order valence-electron chi connectivity index (χ1n) is 11.5. The fourth-order valence-corrected chi connectivity index (χ4v) is 5.86. The van der Waals surface area contributed by atoms with E-state index in [4.69, 9.17) is 9.47 Å². The van der Waals surface area contributed by atoms with Crippen molar-refractivity contribution >= 4 is 45.2 Å². The van der Waals surface area contributed by atoms with Crippen LogP contribution in [0.1, 0.15) is 49.1 Å². The maximum Gasteiger partial charge on any atom is 0.341 e. The average Bonchev–Trinajstić information content (AvgIpc) is 3.28. The minimum Gasteiger partial charge on any atom is -0.465 e. The minimum absolute atomic E-state index is 0.224. The molecule has 0 fully saturated rings.